The van der Waals surface area contributed by atoms with Gasteiger partial charge in [0.1, 0.15) is 17.1 Å². The van der Waals surface area contributed by atoms with Crippen molar-refractivity contribution in [2.24, 2.45) is 0 Å². The molecule has 0 aliphatic carbocycles. The Balaban J connectivity index is 1.55. The molecule has 0 atom stereocenters. The third-order valence-corrected chi connectivity index (χ3v) is 6.75. The van der Waals surface area contributed by atoms with E-state index >= 15 is 0 Å². The molecule has 4 heterocycles. The maximum Gasteiger partial charge on any atom is 0.469 e. The van der Waals surface area contributed by atoms with E-state index in [4.69, 9.17) is 29.0 Å². The Morgan fingerprint density at radius 2 is 1.51 bits per heavy atom. The number of nitrogens with zero attached hydrogens (tertiary/aromatic N) is 8. The molecule has 0 saturated heterocycles. The van der Waals surface area contributed by atoms with Gasteiger partial charge < -0.3 is 33.6 Å². The number of carbonyl (C=O) groups excluding carboxylic acids is 2. The fourth-order valence-corrected chi connectivity index (χ4v) is 4.53. The highest BCUT2D eigenvalue weighted by molar-refractivity contribution is 7.46. The second-order valence-corrected chi connectivity index (χ2v) is 11.8. The number of ether oxygens (including phenoxy) is 2. The fraction of sp³-hybridized carbons (Fsp3) is 0.409. The van der Waals surface area contributed by atoms with E-state index in [1.807, 2.05) is 0 Å². The van der Waals surface area contributed by atoms with E-state index in [2.05, 4.69) is 34.1 Å². The molecule has 0 amide bonds. The van der Waals surface area contributed by atoms with Crippen molar-refractivity contribution in [1.82, 2.24) is 38.7 Å². The summed E-state index contributed by atoms with van der Waals surface area (Å²) >= 11 is 0. The van der Waals surface area contributed by atoms with Crippen LogP contribution in [0.4, 0.5) is 13.2 Å². The third-order valence-electron chi connectivity index (χ3n) is 5.71. The van der Waals surface area contributed by atoms with Gasteiger partial charge in [-0.3, -0.25) is 23.0 Å². The number of halogens is 3. The first-order valence-corrected chi connectivity index (χ1v) is 16.2. The molecule has 0 radical (unpaired) electrons. The highest BCUT2D eigenvalue weighted by Crippen LogP contribution is 2.37. The van der Waals surface area contributed by atoms with E-state index in [1.165, 1.54) is 40.0 Å². The number of fused-ring (bicyclic) bond motifs is 1. The van der Waals surface area contributed by atoms with Gasteiger partial charge in [-0.05, 0) is 18.9 Å². The quantitative estimate of drug-likeness (QED) is 0.0731. The Kier molecular flexibility index (Phi) is 11.2. The maximum atomic E-state index is 13.7. The molecule has 0 fully saturated rings. The first-order valence-electron chi connectivity index (χ1n) is 13.1. The van der Waals surface area contributed by atoms with Crippen LogP contribution in [-0.2, 0) is 56.9 Å². The monoisotopic (exact) mass is 712 g/mol. The minimum Gasteiger partial charge on any atom is -0.444 e. The molecule has 47 heavy (non-hydrogen) atoms. The summed E-state index contributed by atoms with van der Waals surface area (Å²) < 4.78 is 84.5. The van der Waals surface area contributed by atoms with Gasteiger partial charge in [-0.15, -0.1) is 5.10 Å². The lowest BCUT2D eigenvalue weighted by atomic mass is 10.2. The predicted molar refractivity (Wildman–Crippen MR) is 145 cm³/mol. The van der Waals surface area contributed by atoms with Crippen LogP contribution in [0.3, 0.4) is 0 Å². The summed E-state index contributed by atoms with van der Waals surface area (Å²) in [5.74, 6) is -3.67. The van der Waals surface area contributed by atoms with E-state index in [0.29, 0.717) is 4.68 Å². The van der Waals surface area contributed by atoms with Gasteiger partial charge in [-0.2, -0.15) is 13.2 Å². The van der Waals surface area contributed by atoms with Crippen LogP contribution in [0.15, 0.2) is 31.0 Å². The molecule has 4 N–H and O–H groups in total. The second-order valence-electron chi connectivity index (χ2n) is 9.27. The highest BCUT2D eigenvalue weighted by Gasteiger charge is 2.38. The van der Waals surface area contributed by atoms with Crippen molar-refractivity contribution in [2.75, 3.05) is 13.2 Å². The summed E-state index contributed by atoms with van der Waals surface area (Å²) in [6, 6.07) is 1.51. The smallest absolute Gasteiger partial charge is 0.444 e. The molecule has 0 aliphatic heterocycles. The van der Waals surface area contributed by atoms with Gasteiger partial charge in [0.15, 0.2) is 19.3 Å². The Labute approximate surface area is 260 Å². The molecule has 20 nitrogen and oxygen atoms in total. The molecular formula is C22H25F3N8O12P2. The summed E-state index contributed by atoms with van der Waals surface area (Å²) in [4.78, 5) is 75.2. The van der Waals surface area contributed by atoms with Crippen LogP contribution in [-0.4, -0.2) is 83.4 Å². The van der Waals surface area contributed by atoms with Gasteiger partial charge in [-0.1, -0.05) is 0 Å². The Hall–Kier alpha value is -4.08. The van der Waals surface area contributed by atoms with E-state index in [-0.39, 0.29) is 61.9 Å². The van der Waals surface area contributed by atoms with Crippen LogP contribution in [0.2, 0.25) is 0 Å². The van der Waals surface area contributed by atoms with Crippen molar-refractivity contribution in [1.29, 1.82) is 0 Å². The van der Waals surface area contributed by atoms with Crippen LogP contribution in [0, 0.1) is 0 Å². The molecule has 0 aliphatic rings. The molecule has 25 heteroatoms. The lowest BCUT2D eigenvalue weighted by Crippen LogP contribution is -2.13. The van der Waals surface area contributed by atoms with Crippen molar-refractivity contribution in [3.63, 3.8) is 0 Å². The zero-order valence-corrected chi connectivity index (χ0v) is 25.5. The molecular weight excluding hydrogens is 687 g/mol. The average Bonchev–Trinajstić information content (AvgIpc) is 3.70. The largest absolute Gasteiger partial charge is 0.469 e. The van der Waals surface area contributed by atoms with E-state index in [9.17, 15) is 31.9 Å². The number of hydrogen-bond acceptors (Lipinski definition) is 13. The fourth-order valence-electron chi connectivity index (χ4n) is 3.79. The standard InChI is InChI=1S/C22H25F3N8O12P2/c23-22(24,25)20-29-19(33(30-20)13-43-16(35)5-2-9-45-47(39,40)41)17-18(32-7-3-6-26-21(32)28-17)14-10-31(11-27-14)12-42-15(34)4-1-8-44-46(36,37)38/h3,6-7,10-11H,1-2,4-5,8-9,12-13H2,(H2,36,37,38)(H2,39,40,41). The lowest BCUT2D eigenvalue weighted by molar-refractivity contribution is -0.149. The first-order chi connectivity index (χ1) is 22.0. The summed E-state index contributed by atoms with van der Waals surface area (Å²) in [6.45, 7) is -2.06. The number of esters is 2. The van der Waals surface area contributed by atoms with Crippen LogP contribution in [0.25, 0.3) is 28.7 Å². The highest BCUT2D eigenvalue weighted by atomic mass is 31.2. The number of phosphoric acid groups is 2. The number of hydrogen-bond donors (Lipinski definition) is 4. The molecule has 0 unspecified atom stereocenters. The SMILES string of the molecule is O=C(CCCOP(=O)(O)O)OCn1cnc(-c2c(-c3nc(C(F)(F)F)nn3COC(=O)CCCOP(=O)(O)O)nc3ncccn23)c1. The van der Waals surface area contributed by atoms with Crippen molar-refractivity contribution >= 4 is 33.4 Å². The third kappa shape index (κ3) is 10.5. The van der Waals surface area contributed by atoms with E-state index < -0.39 is 58.7 Å². The number of rotatable bonds is 16. The van der Waals surface area contributed by atoms with E-state index in [0.717, 1.165) is 0 Å². The average molecular weight is 712 g/mol. The number of aromatic nitrogens is 8. The minimum atomic E-state index is -5.01. The summed E-state index contributed by atoms with van der Waals surface area (Å²) in [5.41, 5.74) is 0.0258. The lowest BCUT2D eigenvalue weighted by Gasteiger charge is -2.08. The number of carbonyl (C=O) groups is 2. The van der Waals surface area contributed by atoms with Crippen LogP contribution >= 0.6 is 15.6 Å². The van der Waals surface area contributed by atoms with Gasteiger partial charge >= 0.3 is 33.8 Å². The van der Waals surface area contributed by atoms with E-state index in [1.54, 1.807) is 0 Å². The summed E-state index contributed by atoms with van der Waals surface area (Å²) in [6.07, 6.45) is -0.282. The van der Waals surface area contributed by atoms with Crippen LogP contribution < -0.4 is 0 Å². The number of imidazole rings is 2. The van der Waals surface area contributed by atoms with Gasteiger partial charge in [0.05, 0.1) is 19.5 Å². The molecule has 256 valence electrons. The van der Waals surface area contributed by atoms with Gasteiger partial charge in [0, 0.05) is 31.4 Å². The summed E-state index contributed by atoms with van der Waals surface area (Å²) in [7, 11) is -9.43. The molecule has 0 bridgehead atoms. The Bertz CT molecular complexity index is 1820. The summed E-state index contributed by atoms with van der Waals surface area (Å²) in [5, 5.41) is 3.43. The number of alkyl halides is 3. The molecule has 4 rings (SSSR count). The predicted octanol–water partition coefficient (Wildman–Crippen LogP) is 1.65. The number of phosphoric ester groups is 2. The van der Waals surface area contributed by atoms with Crippen LogP contribution in [0.1, 0.15) is 31.5 Å². The topological polar surface area (TPSA) is 265 Å². The van der Waals surface area contributed by atoms with Crippen molar-refractivity contribution in [2.45, 2.75) is 45.3 Å². The van der Waals surface area contributed by atoms with Gasteiger partial charge in [0.25, 0.3) is 5.82 Å². The zero-order valence-electron chi connectivity index (χ0n) is 23.7. The van der Waals surface area contributed by atoms with Crippen LogP contribution in [0.5, 0.6) is 0 Å². The van der Waals surface area contributed by atoms with Gasteiger partial charge in [0.2, 0.25) is 5.78 Å². The maximum absolute atomic E-state index is 13.7. The van der Waals surface area contributed by atoms with Gasteiger partial charge in [-0.25, -0.2) is 33.7 Å². The Morgan fingerprint density at radius 1 is 0.894 bits per heavy atom. The normalized spacial score (nSPS) is 12.5. The van der Waals surface area contributed by atoms with Crippen molar-refractivity contribution < 1.29 is 70.0 Å². The molecule has 4 aromatic heterocycles. The van der Waals surface area contributed by atoms with Crippen molar-refractivity contribution in [3.8, 4) is 22.9 Å². The molecule has 0 spiro atoms. The zero-order chi connectivity index (χ0) is 34.4. The molecule has 0 saturated carbocycles. The first kappa shape index (κ1) is 35.8. The Morgan fingerprint density at radius 3 is 2.11 bits per heavy atom. The van der Waals surface area contributed by atoms with Crippen molar-refractivity contribution in [3.05, 3.63) is 36.8 Å². The molecule has 0 aromatic carbocycles. The molecule has 4 aromatic rings. The second kappa shape index (κ2) is 14.8. The minimum absolute atomic E-state index is 0.0289.